The predicted octanol–water partition coefficient (Wildman–Crippen LogP) is 2.07. The zero-order chi connectivity index (χ0) is 12.7. The van der Waals surface area contributed by atoms with Gasteiger partial charge in [-0.3, -0.25) is 9.59 Å². The Morgan fingerprint density at radius 2 is 2.06 bits per heavy atom. The van der Waals surface area contributed by atoms with Crippen molar-refractivity contribution in [3.05, 3.63) is 35.4 Å². The van der Waals surface area contributed by atoms with E-state index >= 15 is 0 Å². The SMILES string of the molecule is O=C(O)CC1c2ccccc2C(=O)N1CC1CC1. The first-order valence-corrected chi connectivity index (χ1v) is 6.28. The third kappa shape index (κ3) is 1.88. The molecule has 1 aliphatic heterocycles. The van der Waals surface area contributed by atoms with Crippen LogP contribution in [0.15, 0.2) is 24.3 Å². The van der Waals surface area contributed by atoms with E-state index in [0.717, 1.165) is 18.4 Å². The number of amides is 1. The second-order valence-electron chi connectivity index (χ2n) is 5.10. The van der Waals surface area contributed by atoms with Crippen molar-refractivity contribution >= 4 is 11.9 Å². The van der Waals surface area contributed by atoms with Gasteiger partial charge in [0.1, 0.15) is 0 Å². The van der Waals surface area contributed by atoms with Gasteiger partial charge in [0, 0.05) is 12.1 Å². The summed E-state index contributed by atoms with van der Waals surface area (Å²) in [4.78, 5) is 25.0. The van der Waals surface area contributed by atoms with Gasteiger partial charge in [-0.25, -0.2) is 0 Å². The largest absolute Gasteiger partial charge is 0.481 e. The van der Waals surface area contributed by atoms with Gasteiger partial charge in [0.15, 0.2) is 0 Å². The third-order valence-electron chi connectivity index (χ3n) is 3.71. The Balaban J connectivity index is 1.93. The van der Waals surface area contributed by atoms with Gasteiger partial charge in [-0.2, -0.15) is 0 Å². The maximum absolute atomic E-state index is 12.3. The molecule has 94 valence electrons. The van der Waals surface area contributed by atoms with Gasteiger partial charge in [-0.1, -0.05) is 18.2 Å². The Morgan fingerprint density at radius 3 is 2.72 bits per heavy atom. The van der Waals surface area contributed by atoms with E-state index in [-0.39, 0.29) is 18.4 Å². The van der Waals surface area contributed by atoms with Crippen molar-refractivity contribution in [3.63, 3.8) is 0 Å². The van der Waals surface area contributed by atoms with Crippen LogP contribution < -0.4 is 0 Å². The molecular formula is C14H15NO3. The van der Waals surface area contributed by atoms with Crippen molar-refractivity contribution in [2.75, 3.05) is 6.54 Å². The summed E-state index contributed by atoms with van der Waals surface area (Å²) in [7, 11) is 0. The van der Waals surface area contributed by atoms with E-state index in [2.05, 4.69) is 0 Å². The number of aliphatic carboxylic acids is 1. The van der Waals surface area contributed by atoms with Crippen molar-refractivity contribution < 1.29 is 14.7 Å². The molecule has 0 saturated heterocycles. The Morgan fingerprint density at radius 1 is 1.33 bits per heavy atom. The van der Waals surface area contributed by atoms with E-state index in [0.29, 0.717) is 18.0 Å². The van der Waals surface area contributed by atoms with E-state index < -0.39 is 5.97 Å². The minimum atomic E-state index is -0.856. The molecule has 1 amide bonds. The highest BCUT2D eigenvalue weighted by Gasteiger charge is 2.40. The summed E-state index contributed by atoms with van der Waals surface area (Å²) in [6, 6.07) is 7.07. The molecule has 1 aliphatic carbocycles. The quantitative estimate of drug-likeness (QED) is 0.883. The van der Waals surface area contributed by atoms with E-state index in [9.17, 15) is 9.59 Å². The summed E-state index contributed by atoms with van der Waals surface area (Å²) < 4.78 is 0. The van der Waals surface area contributed by atoms with Crippen LogP contribution in [0.3, 0.4) is 0 Å². The number of carboxylic acid groups (broad SMARTS) is 1. The lowest BCUT2D eigenvalue weighted by molar-refractivity contribution is -0.138. The van der Waals surface area contributed by atoms with Crippen molar-refractivity contribution in [1.82, 2.24) is 4.90 Å². The van der Waals surface area contributed by atoms with Crippen LogP contribution in [0, 0.1) is 5.92 Å². The lowest BCUT2D eigenvalue weighted by Gasteiger charge is -2.24. The van der Waals surface area contributed by atoms with Crippen molar-refractivity contribution in [2.24, 2.45) is 5.92 Å². The first-order valence-electron chi connectivity index (χ1n) is 6.28. The Bertz CT molecular complexity index is 508. The third-order valence-corrected chi connectivity index (χ3v) is 3.71. The molecule has 1 aromatic rings. The number of carbonyl (C=O) groups excluding carboxylic acids is 1. The van der Waals surface area contributed by atoms with Crippen LogP contribution in [-0.2, 0) is 4.79 Å². The monoisotopic (exact) mass is 245 g/mol. The summed E-state index contributed by atoms with van der Waals surface area (Å²) in [6.07, 6.45) is 2.30. The Labute approximate surface area is 105 Å². The summed E-state index contributed by atoms with van der Waals surface area (Å²) in [6.45, 7) is 0.700. The molecule has 4 nitrogen and oxygen atoms in total. The normalized spacial score (nSPS) is 22.1. The minimum Gasteiger partial charge on any atom is -0.481 e. The van der Waals surface area contributed by atoms with E-state index in [1.807, 2.05) is 18.2 Å². The highest BCUT2D eigenvalue weighted by Crippen LogP contribution is 2.39. The molecular weight excluding hydrogens is 230 g/mol. The number of nitrogens with zero attached hydrogens (tertiary/aromatic N) is 1. The molecule has 1 aromatic carbocycles. The standard InChI is InChI=1S/C14H15NO3/c16-13(17)7-12-10-3-1-2-4-11(10)14(18)15(12)8-9-5-6-9/h1-4,9,12H,5-8H2,(H,16,17). The number of hydrogen-bond donors (Lipinski definition) is 1. The number of benzene rings is 1. The molecule has 1 N–H and O–H groups in total. The smallest absolute Gasteiger partial charge is 0.305 e. The average Bonchev–Trinajstić information content (AvgIpc) is 3.12. The van der Waals surface area contributed by atoms with Crippen LogP contribution >= 0.6 is 0 Å². The highest BCUT2D eigenvalue weighted by molar-refractivity contribution is 5.99. The summed E-state index contributed by atoms with van der Waals surface area (Å²) >= 11 is 0. The molecule has 3 rings (SSSR count). The maximum Gasteiger partial charge on any atom is 0.305 e. The van der Waals surface area contributed by atoms with Gasteiger partial charge in [-0.15, -0.1) is 0 Å². The van der Waals surface area contributed by atoms with Crippen molar-refractivity contribution in [2.45, 2.75) is 25.3 Å². The predicted molar refractivity (Wildman–Crippen MR) is 65.2 cm³/mol. The topological polar surface area (TPSA) is 57.6 Å². The van der Waals surface area contributed by atoms with Crippen LogP contribution in [-0.4, -0.2) is 28.4 Å². The molecule has 0 aromatic heterocycles. The van der Waals surface area contributed by atoms with Crippen LogP contribution in [0.5, 0.6) is 0 Å². The number of carbonyl (C=O) groups is 2. The van der Waals surface area contributed by atoms with Gasteiger partial charge in [-0.05, 0) is 30.4 Å². The van der Waals surface area contributed by atoms with Gasteiger partial charge < -0.3 is 10.0 Å². The highest BCUT2D eigenvalue weighted by atomic mass is 16.4. The van der Waals surface area contributed by atoms with Crippen LogP contribution in [0.1, 0.15) is 41.2 Å². The lowest BCUT2D eigenvalue weighted by atomic mass is 10.0. The zero-order valence-electron chi connectivity index (χ0n) is 10.0. The molecule has 1 atom stereocenters. The molecule has 2 aliphatic rings. The van der Waals surface area contributed by atoms with Crippen LogP contribution in [0.25, 0.3) is 0 Å². The molecule has 4 heteroatoms. The summed E-state index contributed by atoms with van der Waals surface area (Å²) in [5.41, 5.74) is 1.54. The molecule has 1 unspecified atom stereocenters. The molecule has 0 bridgehead atoms. The average molecular weight is 245 g/mol. The van der Waals surface area contributed by atoms with Gasteiger partial charge in [0.2, 0.25) is 0 Å². The Hall–Kier alpha value is -1.84. The first-order chi connectivity index (χ1) is 8.66. The summed E-state index contributed by atoms with van der Waals surface area (Å²) in [5, 5.41) is 9.02. The maximum atomic E-state index is 12.3. The molecule has 0 spiro atoms. The minimum absolute atomic E-state index is 0.00449. The number of carboxylic acids is 1. The second kappa shape index (κ2) is 4.12. The van der Waals surface area contributed by atoms with Crippen molar-refractivity contribution in [3.8, 4) is 0 Å². The zero-order valence-corrected chi connectivity index (χ0v) is 10.0. The lowest BCUT2D eigenvalue weighted by Crippen LogP contribution is -2.31. The summed E-state index contributed by atoms with van der Waals surface area (Å²) in [5.74, 6) is -0.298. The molecule has 1 saturated carbocycles. The van der Waals surface area contributed by atoms with Crippen LogP contribution in [0.4, 0.5) is 0 Å². The first kappa shape index (κ1) is 11.3. The van der Waals surface area contributed by atoms with Gasteiger partial charge in [0.05, 0.1) is 12.5 Å². The fourth-order valence-electron chi connectivity index (χ4n) is 2.62. The van der Waals surface area contributed by atoms with E-state index in [1.54, 1.807) is 11.0 Å². The van der Waals surface area contributed by atoms with Gasteiger partial charge in [0.25, 0.3) is 5.91 Å². The Kier molecular flexibility index (Phi) is 2.58. The second-order valence-corrected chi connectivity index (χ2v) is 5.10. The van der Waals surface area contributed by atoms with E-state index in [4.69, 9.17) is 5.11 Å². The van der Waals surface area contributed by atoms with Crippen molar-refractivity contribution in [1.29, 1.82) is 0 Å². The molecule has 1 heterocycles. The fraction of sp³-hybridized carbons (Fsp3) is 0.429. The van der Waals surface area contributed by atoms with Crippen LogP contribution in [0.2, 0.25) is 0 Å². The van der Waals surface area contributed by atoms with Gasteiger partial charge >= 0.3 is 5.97 Å². The fourth-order valence-corrected chi connectivity index (χ4v) is 2.62. The van der Waals surface area contributed by atoms with E-state index in [1.165, 1.54) is 0 Å². The number of fused-ring (bicyclic) bond motifs is 1. The number of hydrogen-bond acceptors (Lipinski definition) is 2. The molecule has 1 fully saturated rings. The number of rotatable bonds is 4. The molecule has 0 radical (unpaired) electrons. The molecule has 18 heavy (non-hydrogen) atoms.